The van der Waals surface area contributed by atoms with Crippen molar-refractivity contribution in [3.63, 3.8) is 0 Å². The standard InChI is InChI=1S/C7H11N3O/c8-7-1-2-9-10(7)5-3-6(11)4-5/h1-2,5-6,11H,3-4,8H2. The summed E-state index contributed by atoms with van der Waals surface area (Å²) >= 11 is 0. The van der Waals surface area contributed by atoms with Crippen LogP contribution in [0.15, 0.2) is 12.3 Å². The first-order valence-corrected chi connectivity index (χ1v) is 3.74. The molecule has 0 unspecified atom stereocenters. The van der Waals surface area contributed by atoms with E-state index in [1.807, 2.05) is 0 Å². The van der Waals surface area contributed by atoms with Crippen LogP contribution in [0.3, 0.4) is 0 Å². The van der Waals surface area contributed by atoms with Crippen LogP contribution in [0.25, 0.3) is 0 Å². The fourth-order valence-electron chi connectivity index (χ4n) is 1.39. The summed E-state index contributed by atoms with van der Waals surface area (Å²) in [7, 11) is 0. The number of aromatic nitrogens is 2. The van der Waals surface area contributed by atoms with Crippen molar-refractivity contribution < 1.29 is 5.11 Å². The number of nitrogen functional groups attached to an aromatic ring is 1. The highest BCUT2D eigenvalue weighted by Crippen LogP contribution is 2.32. The van der Waals surface area contributed by atoms with Gasteiger partial charge in [0.15, 0.2) is 0 Å². The van der Waals surface area contributed by atoms with E-state index < -0.39 is 0 Å². The number of nitrogens with two attached hydrogens (primary N) is 1. The SMILES string of the molecule is Nc1ccnn1C1CC(O)C1. The quantitative estimate of drug-likeness (QED) is 0.604. The van der Waals surface area contributed by atoms with Gasteiger partial charge < -0.3 is 10.8 Å². The van der Waals surface area contributed by atoms with Gasteiger partial charge in [0.1, 0.15) is 5.82 Å². The van der Waals surface area contributed by atoms with Crippen molar-refractivity contribution >= 4 is 5.82 Å². The van der Waals surface area contributed by atoms with Crippen molar-refractivity contribution in [2.24, 2.45) is 0 Å². The van der Waals surface area contributed by atoms with Gasteiger partial charge in [0, 0.05) is 0 Å². The molecule has 0 amide bonds. The second-order valence-corrected chi connectivity index (χ2v) is 2.98. The van der Waals surface area contributed by atoms with E-state index in [2.05, 4.69) is 5.10 Å². The van der Waals surface area contributed by atoms with E-state index in [0.29, 0.717) is 11.9 Å². The summed E-state index contributed by atoms with van der Waals surface area (Å²) in [6, 6.07) is 2.09. The summed E-state index contributed by atoms with van der Waals surface area (Å²) in [5.41, 5.74) is 5.62. The summed E-state index contributed by atoms with van der Waals surface area (Å²) in [6.45, 7) is 0. The Balaban J connectivity index is 2.12. The van der Waals surface area contributed by atoms with Gasteiger partial charge in [-0.2, -0.15) is 5.10 Å². The Morgan fingerprint density at radius 1 is 1.64 bits per heavy atom. The van der Waals surface area contributed by atoms with Crippen LogP contribution in [-0.4, -0.2) is 21.0 Å². The van der Waals surface area contributed by atoms with Gasteiger partial charge in [-0.1, -0.05) is 0 Å². The molecule has 60 valence electrons. The molecule has 2 rings (SSSR count). The van der Waals surface area contributed by atoms with E-state index in [1.165, 1.54) is 0 Å². The van der Waals surface area contributed by atoms with Crippen LogP contribution in [0, 0.1) is 0 Å². The van der Waals surface area contributed by atoms with Crippen LogP contribution in [-0.2, 0) is 0 Å². The molecule has 0 atom stereocenters. The van der Waals surface area contributed by atoms with Crippen molar-refractivity contribution in [1.29, 1.82) is 0 Å². The first kappa shape index (κ1) is 6.67. The van der Waals surface area contributed by atoms with Crippen molar-refractivity contribution in [3.05, 3.63) is 12.3 Å². The first-order chi connectivity index (χ1) is 5.27. The molecule has 1 saturated carbocycles. The van der Waals surface area contributed by atoms with Gasteiger partial charge in [-0.05, 0) is 18.9 Å². The number of anilines is 1. The molecule has 1 aliphatic carbocycles. The van der Waals surface area contributed by atoms with Gasteiger partial charge in [0.2, 0.25) is 0 Å². The Hall–Kier alpha value is -1.03. The van der Waals surface area contributed by atoms with Crippen molar-refractivity contribution in [3.8, 4) is 0 Å². The van der Waals surface area contributed by atoms with Crippen LogP contribution in [0.4, 0.5) is 5.82 Å². The smallest absolute Gasteiger partial charge is 0.121 e. The largest absolute Gasteiger partial charge is 0.393 e. The molecule has 4 nitrogen and oxygen atoms in total. The molecule has 1 fully saturated rings. The predicted octanol–water partition coefficient (Wildman–Crippen LogP) is 0.161. The molecule has 11 heavy (non-hydrogen) atoms. The van der Waals surface area contributed by atoms with Crippen LogP contribution in [0.2, 0.25) is 0 Å². The highest BCUT2D eigenvalue weighted by molar-refractivity contribution is 5.27. The third kappa shape index (κ3) is 0.991. The third-order valence-corrected chi connectivity index (χ3v) is 2.14. The lowest BCUT2D eigenvalue weighted by Gasteiger charge is -2.31. The molecule has 4 heteroatoms. The first-order valence-electron chi connectivity index (χ1n) is 3.74. The van der Waals surface area contributed by atoms with E-state index in [9.17, 15) is 0 Å². The lowest BCUT2D eigenvalue weighted by atomic mass is 9.90. The molecule has 0 radical (unpaired) electrons. The number of nitrogens with zero attached hydrogens (tertiary/aromatic N) is 2. The molecular formula is C7H11N3O. The highest BCUT2D eigenvalue weighted by atomic mass is 16.3. The van der Waals surface area contributed by atoms with Crippen molar-refractivity contribution in [2.45, 2.75) is 25.0 Å². The van der Waals surface area contributed by atoms with Gasteiger partial charge in [-0.3, -0.25) is 0 Å². The zero-order valence-corrected chi connectivity index (χ0v) is 6.14. The van der Waals surface area contributed by atoms with E-state index in [4.69, 9.17) is 10.8 Å². The van der Waals surface area contributed by atoms with Gasteiger partial charge in [-0.15, -0.1) is 0 Å². The Bertz CT molecular complexity index is 252. The minimum Gasteiger partial charge on any atom is -0.393 e. The van der Waals surface area contributed by atoms with Crippen molar-refractivity contribution in [2.75, 3.05) is 5.73 Å². The lowest BCUT2D eigenvalue weighted by Crippen LogP contribution is -2.31. The maximum atomic E-state index is 9.03. The fraction of sp³-hybridized carbons (Fsp3) is 0.571. The number of aliphatic hydroxyl groups is 1. The average molecular weight is 153 g/mol. The summed E-state index contributed by atoms with van der Waals surface area (Å²) in [5.74, 6) is 0.682. The number of hydrogen-bond donors (Lipinski definition) is 2. The molecule has 1 heterocycles. The molecule has 0 spiro atoms. The molecule has 3 N–H and O–H groups in total. The third-order valence-electron chi connectivity index (χ3n) is 2.14. The van der Waals surface area contributed by atoms with Gasteiger partial charge >= 0.3 is 0 Å². The van der Waals surface area contributed by atoms with Crippen LogP contribution in [0.5, 0.6) is 0 Å². The van der Waals surface area contributed by atoms with E-state index in [-0.39, 0.29) is 6.10 Å². The second kappa shape index (κ2) is 2.23. The van der Waals surface area contributed by atoms with Crippen LogP contribution in [0.1, 0.15) is 18.9 Å². The second-order valence-electron chi connectivity index (χ2n) is 2.98. The van der Waals surface area contributed by atoms with E-state index in [0.717, 1.165) is 12.8 Å². The van der Waals surface area contributed by atoms with Gasteiger partial charge in [0.05, 0.1) is 18.3 Å². The Labute approximate surface area is 64.6 Å². The van der Waals surface area contributed by atoms with Gasteiger partial charge in [-0.25, -0.2) is 4.68 Å². The summed E-state index contributed by atoms with van der Waals surface area (Å²) in [5, 5.41) is 13.1. The predicted molar refractivity (Wildman–Crippen MR) is 40.9 cm³/mol. The monoisotopic (exact) mass is 153 g/mol. The number of rotatable bonds is 1. The van der Waals surface area contributed by atoms with Crippen LogP contribution < -0.4 is 5.73 Å². The van der Waals surface area contributed by atoms with E-state index in [1.54, 1.807) is 16.9 Å². The molecule has 0 aliphatic heterocycles. The summed E-state index contributed by atoms with van der Waals surface area (Å²) < 4.78 is 1.77. The highest BCUT2D eigenvalue weighted by Gasteiger charge is 2.29. The molecule has 1 aromatic heterocycles. The minimum atomic E-state index is -0.149. The lowest BCUT2D eigenvalue weighted by molar-refractivity contribution is 0.0444. The minimum absolute atomic E-state index is 0.149. The Morgan fingerprint density at radius 2 is 2.36 bits per heavy atom. The molecular weight excluding hydrogens is 142 g/mol. The zero-order valence-electron chi connectivity index (χ0n) is 6.14. The molecule has 0 saturated heterocycles. The molecule has 1 aliphatic rings. The Morgan fingerprint density at radius 3 is 2.82 bits per heavy atom. The van der Waals surface area contributed by atoms with E-state index >= 15 is 0 Å². The molecule has 0 aromatic carbocycles. The summed E-state index contributed by atoms with van der Waals surface area (Å²) in [6.07, 6.45) is 3.10. The van der Waals surface area contributed by atoms with Gasteiger partial charge in [0.25, 0.3) is 0 Å². The molecule has 1 aromatic rings. The maximum Gasteiger partial charge on any atom is 0.121 e. The average Bonchev–Trinajstić information content (AvgIpc) is 2.29. The normalized spacial score (nSPS) is 29.9. The van der Waals surface area contributed by atoms with Crippen molar-refractivity contribution in [1.82, 2.24) is 9.78 Å². The fourth-order valence-corrected chi connectivity index (χ4v) is 1.39. The Kier molecular flexibility index (Phi) is 1.35. The van der Waals surface area contributed by atoms with Crippen LogP contribution >= 0.6 is 0 Å². The molecule has 0 bridgehead atoms. The zero-order chi connectivity index (χ0) is 7.84. The summed E-state index contributed by atoms with van der Waals surface area (Å²) in [4.78, 5) is 0. The number of aliphatic hydroxyl groups excluding tert-OH is 1. The topological polar surface area (TPSA) is 64.1 Å². The number of hydrogen-bond acceptors (Lipinski definition) is 3. The maximum absolute atomic E-state index is 9.03.